The minimum atomic E-state index is -0.138. The number of rotatable bonds is 5. The molecule has 2 aromatic rings. The number of piperidine rings is 1. The minimum absolute atomic E-state index is 0.138. The second-order valence-electron chi connectivity index (χ2n) is 7.80. The van der Waals surface area contributed by atoms with E-state index in [4.69, 9.17) is 9.47 Å². The third-order valence-electron chi connectivity index (χ3n) is 5.81. The van der Waals surface area contributed by atoms with Gasteiger partial charge in [-0.3, -0.25) is 0 Å². The molecule has 3 heterocycles. The molecule has 4 rings (SSSR count). The molecule has 0 unspecified atom stereocenters. The zero-order valence-electron chi connectivity index (χ0n) is 18.2. The Morgan fingerprint density at radius 3 is 1.87 bits per heavy atom. The van der Waals surface area contributed by atoms with Gasteiger partial charge in [0, 0.05) is 63.2 Å². The lowest BCUT2D eigenvalue weighted by Gasteiger charge is -2.35. The number of piperazine rings is 1. The highest BCUT2D eigenvalue weighted by Crippen LogP contribution is 2.26. The second kappa shape index (κ2) is 9.72. The van der Waals surface area contributed by atoms with Crippen LogP contribution >= 0.6 is 0 Å². The van der Waals surface area contributed by atoms with E-state index in [1.807, 2.05) is 6.07 Å². The van der Waals surface area contributed by atoms with E-state index >= 15 is 0 Å². The van der Waals surface area contributed by atoms with E-state index < -0.39 is 0 Å². The highest BCUT2D eigenvalue weighted by molar-refractivity contribution is 5.90. The maximum atomic E-state index is 12.7. The summed E-state index contributed by atoms with van der Waals surface area (Å²) in [7, 11) is 3.17. The maximum Gasteiger partial charge on any atom is 0.321 e. The SMILES string of the molecule is COc1cc(NC(=O)N2CCN(c3ccc(N4CCCCC4)nn3)CC2)cc(OC)c1. The van der Waals surface area contributed by atoms with E-state index in [1.165, 1.54) is 19.3 Å². The Labute approximate surface area is 182 Å². The van der Waals surface area contributed by atoms with Crippen LogP contribution < -0.4 is 24.6 Å². The molecule has 31 heavy (non-hydrogen) atoms. The highest BCUT2D eigenvalue weighted by atomic mass is 16.5. The molecule has 166 valence electrons. The van der Waals surface area contributed by atoms with Gasteiger partial charge in [0.1, 0.15) is 11.5 Å². The molecule has 0 spiro atoms. The van der Waals surface area contributed by atoms with Crippen molar-refractivity contribution in [2.24, 2.45) is 0 Å². The molecule has 1 N–H and O–H groups in total. The van der Waals surface area contributed by atoms with Crippen molar-refractivity contribution < 1.29 is 14.3 Å². The number of methoxy groups -OCH3 is 2. The van der Waals surface area contributed by atoms with Crippen LogP contribution in [0.4, 0.5) is 22.1 Å². The van der Waals surface area contributed by atoms with E-state index in [0.29, 0.717) is 43.4 Å². The number of benzene rings is 1. The van der Waals surface area contributed by atoms with Gasteiger partial charge in [-0.05, 0) is 31.4 Å². The third-order valence-corrected chi connectivity index (χ3v) is 5.81. The molecule has 9 nitrogen and oxygen atoms in total. The van der Waals surface area contributed by atoms with Gasteiger partial charge in [-0.25, -0.2) is 4.79 Å². The molecule has 2 fully saturated rings. The van der Waals surface area contributed by atoms with Crippen molar-refractivity contribution in [1.29, 1.82) is 0 Å². The van der Waals surface area contributed by atoms with Crippen LogP contribution in [0.5, 0.6) is 11.5 Å². The number of nitrogens with one attached hydrogen (secondary N) is 1. The molecule has 0 bridgehead atoms. The van der Waals surface area contributed by atoms with Gasteiger partial charge in [0.05, 0.1) is 14.2 Å². The quantitative estimate of drug-likeness (QED) is 0.787. The second-order valence-corrected chi connectivity index (χ2v) is 7.80. The van der Waals surface area contributed by atoms with Crippen LogP contribution in [0.15, 0.2) is 30.3 Å². The van der Waals surface area contributed by atoms with Gasteiger partial charge in [-0.2, -0.15) is 0 Å². The molecular weight excluding hydrogens is 396 g/mol. The third kappa shape index (κ3) is 5.10. The van der Waals surface area contributed by atoms with E-state index in [-0.39, 0.29) is 6.03 Å². The lowest BCUT2D eigenvalue weighted by atomic mass is 10.1. The smallest absolute Gasteiger partial charge is 0.321 e. The summed E-state index contributed by atoms with van der Waals surface area (Å²) in [4.78, 5) is 19.0. The molecule has 2 aliphatic heterocycles. The summed E-state index contributed by atoms with van der Waals surface area (Å²) >= 11 is 0. The Bertz CT molecular complexity index is 855. The van der Waals surface area contributed by atoms with Crippen LogP contribution in [-0.4, -0.2) is 74.6 Å². The number of urea groups is 1. The summed E-state index contributed by atoms with van der Waals surface area (Å²) in [6.45, 7) is 4.77. The first-order valence-electron chi connectivity index (χ1n) is 10.8. The van der Waals surface area contributed by atoms with Crippen LogP contribution in [0.1, 0.15) is 19.3 Å². The lowest BCUT2D eigenvalue weighted by molar-refractivity contribution is 0.208. The monoisotopic (exact) mass is 426 g/mol. The standard InChI is InChI=1S/C22H30N6O3/c1-30-18-14-17(15-19(16-18)31-2)23-22(29)28-12-10-27(11-13-28)21-7-6-20(24-25-21)26-8-4-3-5-9-26/h6-7,14-16H,3-5,8-13H2,1-2H3,(H,23,29). The fraction of sp³-hybridized carbons (Fsp3) is 0.500. The molecule has 2 amide bonds. The van der Waals surface area contributed by atoms with E-state index in [0.717, 1.165) is 24.7 Å². The summed E-state index contributed by atoms with van der Waals surface area (Å²) in [5.41, 5.74) is 0.641. The molecule has 0 atom stereocenters. The maximum absolute atomic E-state index is 12.7. The van der Waals surface area contributed by atoms with Crippen molar-refractivity contribution in [2.75, 3.05) is 68.6 Å². The number of hydrogen-bond acceptors (Lipinski definition) is 7. The van der Waals surface area contributed by atoms with Crippen LogP contribution in [-0.2, 0) is 0 Å². The van der Waals surface area contributed by atoms with E-state index in [9.17, 15) is 4.79 Å². The molecule has 1 aromatic carbocycles. The Morgan fingerprint density at radius 1 is 0.806 bits per heavy atom. The van der Waals surface area contributed by atoms with Gasteiger partial charge in [0.15, 0.2) is 11.6 Å². The van der Waals surface area contributed by atoms with Gasteiger partial charge in [-0.15, -0.1) is 10.2 Å². The molecule has 2 saturated heterocycles. The normalized spacial score (nSPS) is 16.8. The molecular formula is C22H30N6O3. The van der Waals surface area contributed by atoms with Crippen molar-refractivity contribution in [3.05, 3.63) is 30.3 Å². The topological polar surface area (TPSA) is 83.1 Å². The van der Waals surface area contributed by atoms with Crippen molar-refractivity contribution in [1.82, 2.24) is 15.1 Å². The number of anilines is 3. The van der Waals surface area contributed by atoms with Gasteiger partial charge in [0.2, 0.25) is 0 Å². The van der Waals surface area contributed by atoms with E-state index in [2.05, 4.69) is 31.4 Å². The lowest BCUT2D eigenvalue weighted by Crippen LogP contribution is -2.50. The first kappa shape index (κ1) is 21.0. The average Bonchev–Trinajstić information content (AvgIpc) is 2.84. The first-order chi connectivity index (χ1) is 15.2. The Balaban J connectivity index is 1.31. The van der Waals surface area contributed by atoms with Crippen molar-refractivity contribution in [2.45, 2.75) is 19.3 Å². The zero-order valence-corrected chi connectivity index (χ0v) is 18.2. The average molecular weight is 427 g/mol. The molecule has 0 aliphatic carbocycles. The summed E-state index contributed by atoms with van der Waals surface area (Å²) in [6.07, 6.45) is 3.73. The summed E-state index contributed by atoms with van der Waals surface area (Å²) in [6, 6.07) is 9.28. The van der Waals surface area contributed by atoms with Gasteiger partial charge in [0.25, 0.3) is 0 Å². The first-order valence-corrected chi connectivity index (χ1v) is 10.8. The van der Waals surface area contributed by atoms with Crippen molar-refractivity contribution in [3.63, 3.8) is 0 Å². The van der Waals surface area contributed by atoms with Crippen molar-refractivity contribution >= 4 is 23.4 Å². The van der Waals surface area contributed by atoms with Crippen LogP contribution in [0, 0.1) is 0 Å². The van der Waals surface area contributed by atoms with Crippen LogP contribution in [0.3, 0.4) is 0 Å². The van der Waals surface area contributed by atoms with Crippen LogP contribution in [0.2, 0.25) is 0 Å². The Hall–Kier alpha value is -3.23. The fourth-order valence-corrected chi connectivity index (χ4v) is 4.00. The number of carbonyl (C=O) groups excluding carboxylic acids is 1. The molecule has 0 radical (unpaired) electrons. The predicted molar refractivity (Wildman–Crippen MR) is 120 cm³/mol. The number of carbonyl (C=O) groups is 1. The Morgan fingerprint density at radius 2 is 1.35 bits per heavy atom. The molecule has 1 aromatic heterocycles. The van der Waals surface area contributed by atoms with Gasteiger partial charge < -0.3 is 29.5 Å². The number of amides is 2. The molecule has 2 aliphatic rings. The minimum Gasteiger partial charge on any atom is -0.497 e. The number of aromatic nitrogens is 2. The summed E-state index contributed by atoms with van der Waals surface area (Å²) in [5.74, 6) is 3.07. The largest absolute Gasteiger partial charge is 0.497 e. The highest BCUT2D eigenvalue weighted by Gasteiger charge is 2.23. The zero-order chi connectivity index (χ0) is 21.6. The summed E-state index contributed by atoms with van der Waals surface area (Å²) in [5, 5.41) is 11.8. The van der Waals surface area contributed by atoms with Crippen LogP contribution in [0.25, 0.3) is 0 Å². The van der Waals surface area contributed by atoms with Gasteiger partial charge >= 0.3 is 6.03 Å². The number of nitrogens with zero attached hydrogens (tertiary/aromatic N) is 5. The molecule has 0 saturated carbocycles. The number of ether oxygens (including phenoxy) is 2. The summed E-state index contributed by atoms with van der Waals surface area (Å²) < 4.78 is 10.5. The predicted octanol–water partition coefficient (Wildman–Crippen LogP) is 2.84. The van der Waals surface area contributed by atoms with E-state index in [1.54, 1.807) is 37.3 Å². The van der Waals surface area contributed by atoms with Gasteiger partial charge in [-0.1, -0.05) is 0 Å². The number of hydrogen-bond donors (Lipinski definition) is 1. The Kier molecular flexibility index (Phi) is 6.59. The van der Waals surface area contributed by atoms with Crippen molar-refractivity contribution in [3.8, 4) is 11.5 Å². The fourth-order valence-electron chi connectivity index (χ4n) is 4.00. The molecule has 9 heteroatoms.